The van der Waals surface area contributed by atoms with Crippen LogP contribution in [0.15, 0.2) is 159 Å². The molecule has 0 saturated heterocycles. The molecule has 6 radical (unpaired) electrons. The molecular formula is C45H24Br3Pr6-3. The first-order valence-electron chi connectivity index (χ1n) is 16.0. The summed E-state index contributed by atoms with van der Waals surface area (Å²) in [6.07, 6.45) is 0. The zero-order chi connectivity index (χ0) is 32.1. The van der Waals surface area contributed by atoms with Crippen molar-refractivity contribution in [2.75, 3.05) is 0 Å². The molecule has 54 heavy (non-hydrogen) atoms. The normalized spacial score (nSPS) is 10.7. The Kier molecular flexibility index (Phi) is 20.0. The van der Waals surface area contributed by atoms with Crippen LogP contribution in [0.2, 0.25) is 0 Å². The summed E-state index contributed by atoms with van der Waals surface area (Å²) in [4.78, 5) is 0. The molecule has 0 amide bonds. The summed E-state index contributed by atoms with van der Waals surface area (Å²) in [7, 11) is 0. The Morgan fingerprint density at radius 1 is 0.241 bits per heavy atom. The molecule has 9 heteroatoms. The Labute approximate surface area is 539 Å². The summed E-state index contributed by atoms with van der Waals surface area (Å²) in [5.74, 6) is 0. The van der Waals surface area contributed by atoms with E-state index in [9.17, 15) is 0 Å². The first-order chi connectivity index (χ1) is 23.4. The molecular weight excluding hydrogens is 1630 g/mol. The topological polar surface area (TPSA) is 0 Å². The van der Waals surface area contributed by atoms with Gasteiger partial charge in [0, 0.05) is 248 Å². The van der Waals surface area contributed by atoms with Gasteiger partial charge in [-0.3, -0.25) is 0 Å². The Balaban J connectivity index is 0.00000108. The Morgan fingerprint density at radius 2 is 0.463 bits per heavy atom. The molecule has 0 unspecified atom stereocenters. The van der Waals surface area contributed by atoms with E-state index in [0.717, 1.165) is 13.4 Å². The van der Waals surface area contributed by atoms with Crippen molar-refractivity contribution in [2.24, 2.45) is 0 Å². The van der Waals surface area contributed by atoms with Gasteiger partial charge in [0.05, 0.1) is 0 Å². The summed E-state index contributed by atoms with van der Waals surface area (Å²) in [6, 6.07) is 54.4. The predicted molar refractivity (Wildman–Crippen MR) is 218 cm³/mol. The molecule has 10 rings (SSSR count). The average Bonchev–Trinajstić information content (AvgIpc) is 3.76. The summed E-state index contributed by atoms with van der Waals surface area (Å²) in [5, 5.41) is 15.3. The molecule has 0 bridgehead atoms. The Bertz CT molecular complexity index is 2630. The minimum atomic E-state index is 0. The number of benzene rings is 7. The van der Waals surface area contributed by atoms with Crippen molar-refractivity contribution in [3.05, 3.63) is 159 Å². The van der Waals surface area contributed by atoms with Gasteiger partial charge in [-0.05, 0) is 48.3 Å². The molecule has 0 aliphatic rings. The fourth-order valence-electron chi connectivity index (χ4n) is 7.65. The van der Waals surface area contributed by atoms with Crippen molar-refractivity contribution < 1.29 is 248 Å². The minimum absolute atomic E-state index is 0. The van der Waals surface area contributed by atoms with Crippen molar-refractivity contribution >= 4 is 112 Å². The van der Waals surface area contributed by atoms with Gasteiger partial charge >= 0.3 is 0 Å². The van der Waals surface area contributed by atoms with E-state index >= 15 is 0 Å². The van der Waals surface area contributed by atoms with Gasteiger partial charge in [0.2, 0.25) is 0 Å². The van der Waals surface area contributed by atoms with Gasteiger partial charge in [0.25, 0.3) is 0 Å². The van der Waals surface area contributed by atoms with Crippen LogP contribution >= 0.6 is 47.8 Å². The summed E-state index contributed by atoms with van der Waals surface area (Å²) >= 11 is 11.0. The van der Waals surface area contributed by atoms with Gasteiger partial charge in [-0.15, -0.1) is 119 Å². The molecule has 0 N–H and O–H groups in total. The second-order valence-electron chi connectivity index (χ2n) is 12.8. The fraction of sp³-hybridized carbons (Fsp3) is 0. The van der Waals surface area contributed by atoms with E-state index in [4.69, 9.17) is 0 Å². The molecule has 0 nitrogen and oxygen atoms in total. The molecule has 0 heterocycles. The first-order valence-corrected chi connectivity index (χ1v) is 18.3. The third-order valence-corrected chi connectivity index (χ3v) is 11.4. The van der Waals surface area contributed by atoms with Gasteiger partial charge < -0.3 is 0 Å². The number of hydrogen-bond donors (Lipinski definition) is 0. The largest absolute Gasteiger partial charge is 0.126 e. The Hall–Kier alpha value is 3.77. The van der Waals surface area contributed by atoms with Crippen molar-refractivity contribution in [1.82, 2.24) is 0 Å². The van der Waals surface area contributed by atoms with Crippen LogP contribution in [0.3, 0.4) is 0 Å². The summed E-state index contributed by atoms with van der Waals surface area (Å²) < 4.78 is 3.31. The molecule has 0 spiro atoms. The van der Waals surface area contributed by atoms with Crippen LogP contribution in [-0.4, -0.2) is 0 Å². The number of hydrogen-bond acceptors (Lipinski definition) is 0. The van der Waals surface area contributed by atoms with Crippen LogP contribution in [0, 0.1) is 248 Å². The SMILES string of the molecule is Brc1ccc2c(c1)[cH-]c1cc(-c3cc(-c4ccc5c(c4)[cH-]c4cc(Br)ccc45)cc(-c4ccc5c(c4)[cH-]c4cc(Br)ccc45)c3)ccc12.[Pr].[Pr].[Pr].[Pr].[Pr].[Pr]. The quantitative estimate of drug-likeness (QED) is 0.155. The fourth-order valence-corrected chi connectivity index (χ4v) is 8.78. The summed E-state index contributed by atoms with van der Waals surface area (Å²) in [5.41, 5.74) is 7.29. The van der Waals surface area contributed by atoms with Crippen LogP contribution in [0.4, 0.5) is 0 Å². The van der Waals surface area contributed by atoms with Gasteiger partial charge in [-0.2, -0.15) is 0 Å². The van der Waals surface area contributed by atoms with Crippen LogP contribution < -0.4 is 0 Å². The van der Waals surface area contributed by atoms with Crippen LogP contribution in [0.1, 0.15) is 0 Å². The smallest absolute Gasteiger partial charge is 0 e. The van der Waals surface area contributed by atoms with Gasteiger partial charge in [0.15, 0.2) is 0 Å². The molecule has 246 valence electrons. The Morgan fingerprint density at radius 3 is 0.722 bits per heavy atom. The van der Waals surface area contributed by atoms with Crippen LogP contribution in [-0.2, 0) is 0 Å². The van der Waals surface area contributed by atoms with Crippen LogP contribution in [0.5, 0.6) is 0 Å². The molecule has 10 aromatic carbocycles. The number of rotatable bonds is 3. The monoisotopic (exact) mass is 1650 g/mol. The molecule has 0 aliphatic carbocycles. The van der Waals surface area contributed by atoms with E-state index in [1.54, 1.807) is 0 Å². The van der Waals surface area contributed by atoms with E-state index in [0.29, 0.717) is 0 Å². The van der Waals surface area contributed by atoms with E-state index < -0.39 is 0 Å². The maximum absolute atomic E-state index is 3.65. The molecule has 0 fully saturated rings. The van der Waals surface area contributed by atoms with Crippen molar-refractivity contribution in [1.29, 1.82) is 0 Å². The minimum Gasteiger partial charge on any atom is -0.126 e. The average molecular weight is 1650 g/mol. The van der Waals surface area contributed by atoms with Crippen molar-refractivity contribution in [3.8, 4) is 33.4 Å². The third-order valence-electron chi connectivity index (χ3n) is 9.93. The molecule has 0 saturated carbocycles. The van der Waals surface area contributed by atoms with Crippen molar-refractivity contribution in [3.63, 3.8) is 0 Å². The van der Waals surface area contributed by atoms with E-state index in [2.05, 4.69) is 193 Å². The standard InChI is InChI=1S/C45H24Br3.6Pr/c46-37-4-10-43-34(22-37)19-31-13-25(1-7-40(31)43)28-16-29(26-2-8-41-32(14-26)20-35-23-38(47)5-11-44(35)41)18-30(17-28)27-3-9-42-33(15-27)21-36-24-39(48)6-12-45(36)42;;;;;;/h1-24H;;;;;;/q-3;;;;;;. The van der Waals surface area contributed by atoms with Gasteiger partial charge in [-0.25, -0.2) is 0 Å². The zero-order valence-corrected chi connectivity index (χ0v) is 55.9. The zero-order valence-electron chi connectivity index (χ0n) is 29.0. The second-order valence-corrected chi connectivity index (χ2v) is 15.6. The number of fused-ring (bicyclic) bond motifs is 9. The maximum Gasteiger partial charge on any atom is 0 e. The van der Waals surface area contributed by atoms with E-state index in [-0.39, 0.29) is 248 Å². The maximum atomic E-state index is 3.65. The third kappa shape index (κ3) is 9.94. The predicted octanol–water partition coefficient (Wildman–Crippen LogP) is 15.1. The first kappa shape index (κ1) is 50.4. The molecule has 10 aromatic rings. The van der Waals surface area contributed by atoms with Gasteiger partial charge in [0.1, 0.15) is 0 Å². The second kappa shape index (κ2) is 21.4. The number of halogens is 3. The molecule has 0 aromatic heterocycles. The van der Waals surface area contributed by atoms with Crippen molar-refractivity contribution in [2.45, 2.75) is 0 Å². The molecule has 0 aliphatic heterocycles. The van der Waals surface area contributed by atoms with Gasteiger partial charge in [-0.1, -0.05) is 137 Å². The molecule has 0 atom stereocenters. The van der Waals surface area contributed by atoms with Crippen LogP contribution in [0.25, 0.3) is 98.0 Å². The summed E-state index contributed by atoms with van der Waals surface area (Å²) in [6.45, 7) is 0. The van der Waals surface area contributed by atoms with E-state index in [1.807, 2.05) is 0 Å². The van der Waals surface area contributed by atoms with E-state index in [1.165, 1.54) is 98.0 Å².